The Morgan fingerprint density at radius 3 is 2.70 bits per heavy atom. The van der Waals surface area contributed by atoms with Crippen LogP contribution in [-0.2, 0) is 11.2 Å². The van der Waals surface area contributed by atoms with Crippen LogP contribution in [0, 0.1) is 6.92 Å². The lowest BCUT2D eigenvalue weighted by atomic mass is 9.99. The zero-order valence-electron chi connectivity index (χ0n) is 11.3. The first-order valence-electron chi connectivity index (χ1n) is 6.71. The Morgan fingerprint density at radius 1 is 1.15 bits per heavy atom. The minimum absolute atomic E-state index is 0.223. The molecule has 0 bridgehead atoms. The van der Waals surface area contributed by atoms with Crippen molar-refractivity contribution in [2.24, 2.45) is 0 Å². The Balaban J connectivity index is 1.65. The number of cyclic esters (lactones) is 1. The summed E-state index contributed by atoms with van der Waals surface area (Å²) in [6, 6.07) is 15.4. The van der Waals surface area contributed by atoms with E-state index in [1.54, 1.807) is 6.07 Å². The van der Waals surface area contributed by atoms with Gasteiger partial charge in [-0.3, -0.25) is 0 Å². The highest BCUT2D eigenvalue weighted by molar-refractivity contribution is 5.92. The number of hydrogen-bond acceptors (Lipinski definition) is 3. The van der Waals surface area contributed by atoms with Gasteiger partial charge in [-0.2, -0.15) is 0 Å². The Hall–Kier alpha value is -2.29. The van der Waals surface area contributed by atoms with Crippen molar-refractivity contribution in [1.29, 1.82) is 0 Å². The Kier molecular flexibility index (Phi) is 3.42. The van der Waals surface area contributed by atoms with Crippen molar-refractivity contribution in [2.45, 2.75) is 19.4 Å². The van der Waals surface area contributed by atoms with Crippen LogP contribution in [0.2, 0.25) is 0 Å². The molecule has 1 aliphatic rings. The van der Waals surface area contributed by atoms with Crippen LogP contribution in [-0.4, -0.2) is 18.7 Å². The summed E-state index contributed by atoms with van der Waals surface area (Å²) in [6.07, 6.45) is 0.479. The van der Waals surface area contributed by atoms with Crippen molar-refractivity contribution in [3.05, 3.63) is 65.2 Å². The van der Waals surface area contributed by atoms with Crippen molar-refractivity contribution in [3.8, 4) is 5.75 Å². The van der Waals surface area contributed by atoms with Gasteiger partial charge in [0.1, 0.15) is 18.5 Å². The highest BCUT2D eigenvalue weighted by atomic mass is 16.6. The molecule has 3 rings (SSSR count). The number of benzene rings is 2. The van der Waals surface area contributed by atoms with Crippen molar-refractivity contribution in [1.82, 2.24) is 0 Å². The predicted octanol–water partition coefficient (Wildman–Crippen LogP) is 3.16. The maximum Gasteiger partial charge on any atom is 0.338 e. The summed E-state index contributed by atoms with van der Waals surface area (Å²) < 4.78 is 11.1. The molecule has 0 fully saturated rings. The highest BCUT2D eigenvalue weighted by Crippen LogP contribution is 2.21. The van der Waals surface area contributed by atoms with E-state index >= 15 is 0 Å². The van der Waals surface area contributed by atoms with Crippen molar-refractivity contribution in [3.63, 3.8) is 0 Å². The minimum Gasteiger partial charge on any atom is -0.490 e. The first kappa shape index (κ1) is 12.7. The number of ether oxygens (including phenoxy) is 2. The molecule has 2 aromatic rings. The normalized spacial score (nSPS) is 17.2. The van der Waals surface area contributed by atoms with E-state index in [4.69, 9.17) is 9.47 Å². The quantitative estimate of drug-likeness (QED) is 0.802. The van der Waals surface area contributed by atoms with Gasteiger partial charge in [-0.05, 0) is 30.7 Å². The molecule has 0 N–H and O–H groups in total. The standard InChI is InChI=1S/C17H16O3/c1-12-6-8-14(9-7-12)19-11-15-10-13-4-2-3-5-16(13)17(18)20-15/h2-9,15H,10-11H2,1H3. The molecule has 0 saturated heterocycles. The Bertz CT molecular complexity index is 616. The summed E-state index contributed by atoms with van der Waals surface area (Å²) in [4.78, 5) is 11.9. The third-order valence-corrected chi connectivity index (χ3v) is 3.42. The fourth-order valence-electron chi connectivity index (χ4n) is 2.32. The number of carbonyl (C=O) groups is 1. The topological polar surface area (TPSA) is 35.5 Å². The molecule has 0 aliphatic carbocycles. The number of carbonyl (C=O) groups excluding carboxylic acids is 1. The van der Waals surface area contributed by atoms with Crippen LogP contribution in [0.5, 0.6) is 5.75 Å². The number of rotatable bonds is 3. The molecule has 0 saturated carbocycles. The van der Waals surface area contributed by atoms with Gasteiger partial charge in [0.15, 0.2) is 0 Å². The second-order valence-corrected chi connectivity index (χ2v) is 5.01. The smallest absolute Gasteiger partial charge is 0.338 e. The molecule has 0 amide bonds. The maximum atomic E-state index is 11.9. The van der Waals surface area contributed by atoms with Crippen LogP contribution < -0.4 is 4.74 Å². The molecule has 102 valence electrons. The van der Waals surface area contributed by atoms with Gasteiger partial charge < -0.3 is 9.47 Å². The molecule has 1 atom stereocenters. The first-order valence-corrected chi connectivity index (χ1v) is 6.71. The van der Waals surface area contributed by atoms with Gasteiger partial charge in [0.25, 0.3) is 0 Å². The van der Waals surface area contributed by atoms with E-state index in [2.05, 4.69) is 0 Å². The predicted molar refractivity (Wildman–Crippen MR) is 76.0 cm³/mol. The minimum atomic E-state index is -0.260. The van der Waals surface area contributed by atoms with Gasteiger partial charge in [0, 0.05) is 6.42 Å². The fraction of sp³-hybridized carbons (Fsp3) is 0.235. The number of esters is 1. The zero-order chi connectivity index (χ0) is 13.9. The van der Waals surface area contributed by atoms with E-state index in [0.29, 0.717) is 18.6 Å². The molecule has 20 heavy (non-hydrogen) atoms. The van der Waals surface area contributed by atoms with Crippen LogP contribution in [0.25, 0.3) is 0 Å². The van der Waals surface area contributed by atoms with Crippen LogP contribution in [0.4, 0.5) is 0 Å². The summed E-state index contributed by atoms with van der Waals surface area (Å²) in [5, 5.41) is 0. The molecule has 1 aliphatic heterocycles. The Labute approximate surface area is 118 Å². The SMILES string of the molecule is Cc1ccc(OCC2Cc3ccccc3C(=O)O2)cc1. The van der Waals surface area contributed by atoms with Crippen LogP contribution in [0.1, 0.15) is 21.5 Å². The lowest BCUT2D eigenvalue weighted by Gasteiger charge is -2.24. The van der Waals surface area contributed by atoms with Crippen molar-refractivity contribution in [2.75, 3.05) is 6.61 Å². The van der Waals surface area contributed by atoms with Crippen molar-refractivity contribution < 1.29 is 14.3 Å². The largest absolute Gasteiger partial charge is 0.490 e. The maximum absolute atomic E-state index is 11.9. The van der Waals surface area contributed by atoms with Gasteiger partial charge in [0.2, 0.25) is 0 Å². The molecule has 0 radical (unpaired) electrons. The molecular formula is C17H16O3. The highest BCUT2D eigenvalue weighted by Gasteiger charge is 2.26. The van der Waals surface area contributed by atoms with Crippen LogP contribution >= 0.6 is 0 Å². The van der Waals surface area contributed by atoms with Crippen molar-refractivity contribution >= 4 is 5.97 Å². The lowest BCUT2D eigenvalue weighted by molar-refractivity contribution is 0.0129. The molecule has 1 unspecified atom stereocenters. The van der Waals surface area contributed by atoms with Gasteiger partial charge in [-0.25, -0.2) is 4.79 Å². The summed E-state index contributed by atoms with van der Waals surface area (Å²) >= 11 is 0. The van der Waals surface area contributed by atoms with Gasteiger partial charge in [-0.1, -0.05) is 35.9 Å². The van der Waals surface area contributed by atoms with E-state index in [0.717, 1.165) is 11.3 Å². The summed E-state index contributed by atoms with van der Waals surface area (Å²) in [6.45, 7) is 2.41. The van der Waals surface area contributed by atoms with Crippen LogP contribution in [0.15, 0.2) is 48.5 Å². The summed E-state index contributed by atoms with van der Waals surface area (Å²) in [7, 11) is 0. The van der Waals surface area contributed by atoms with E-state index in [-0.39, 0.29) is 12.1 Å². The van der Waals surface area contributed by atoms with E-state index < -0.39 is 0 Å². The molecule has 0 spiro atoms. The second-order valence-electron chi connectivity index (χ2n) is 5.01. The molecule has 2 aromatic carbocycles. The fourth-order valence-corrected chi connectivity index (χ4v) is 2.32. The molecule has 1 heterocycles. The third-order valence-electron chi connectivity index (χ3n) is 3.42. The van der Waals surface area contributed by atoms with Gasteiger partial charge >= 0.3 is 5.97 Å². The second kappa shape index (κ2) is 5.37. The lowest BCUT2D eigenvalue weighted by Crippen LogP contribution is -2.32. The summed E-state index contributed by atoms with van der Waals surface area (Å²) in [5.74, 6) is 0.537. The van der Waals surface area contributed by atoms with E-state index in [1.807, 2.05) is 49.4 Å². The number of fused-ring (bicyclic) bond motifs is 1. The first-order chi connectivity index (χ1) is 9.72. The van der Waals surface area contributed by atoms with Gasteiger partial charge in [0.05, 0.1) is 5.56 Å². The average molecular weight is 268 g/mol. The number of hydrogen-bond donors (Lipinski definition) is 0. The molecule has 3 nitrogen and oxygen atoms in total. The molecule has 3 heteroatoms. The summed E-state index contributed by atoms with van der Waals surface area (Å²) in [5.41, 5.74) is 2.88. The monoisotopic (exact) mass is 268 g/mol. The molecular weight excluding hydrogens is 252 g/mol. The van der Waals surface area contributed by atoms with Gasteiger partial charge in [-0.15, -0.1) is 0 Å². The van der Waals surface area contributed by atoms with E-state index in [9.17, 15) is 4.79 Å². The molecule has 0 aromatic heterocycles. The third kappa shape index (κ3) is 2.67. The average Bonchev–Trinajstić information content (AvgIpc) is 2.47. The van der Waals surface area contributed by atoms with Crippen LogP contribution in [0.3, 0.4) is 0 Å². The number of aryl methyl sites for hydroxylation is 1. The van der Waals surface area contributed by atoms with E-state index in [1.165, 1.54) is 5.56 Å². The Morgan fingerprint density at radius 2 is 1.90 bits per heavy atom. The zero-order valence-corrected chi connectivity index (χ0v) is 11.3.